The number of hydrogen-bond donors (Lipinski definition) is 3. The fourth-order valence-corrected chi connectivity index (χ4v) is 3.88. The molecule has 0 bridgehead atoms. The van der Waals surface area contributed by atoms with E-state index in [1.807, 2.05) is 6.07 Å². The van der Waals surface area contributed by atoms with Crippen LogP contribution in [0.4, 0.5) is 0 Å². The number of nitrogens with one attached hydrogen (secondary N) is 1. The summed E-state index contributed by atoms with van der Waals surface area (Å²) in [4.78, 5) is 14.7. The highest BCUT2D eigenvalue weighted by Crippen LogP contribution is 2.45. The number of carbonyl (C=O) groups excluding carboxylic acids is 1. The van der Waals surface area contributed by atoms with Gasteiger partial charge in [0.15, 0.2) is 0 Å². The van der Waals surface area contributed by atoms with Crippen LogP contribution in [-0.2, 0) is 0 Å². The molecule has 144 valence electrons. The minimum atomic E-state index is -0.461. The molecule has 1 atom stereocenters. The Morgan fingerprint density at radius 1 is 1.14 bits per heavy atom. The van der Waals surface area contributed by atoms with Gasteiger partial charge in [0.25, 0.3) is 5.91 Å². The van der Waals surface area contributed by atoms with Gasteiger partial charge in [-0.05, 0) is 36.2 Å². The van der Waals surface area contributed by atoms with Gasteiger partial charge in [-0.25, -0.2) is 0 Å². The second kappa shape index (κ2) is 7.47. The van der Waals surface area contributed by atoms with Gasteiger partial charge in [0.1, 0.15) is 17.1 Å². The van der Waals surface area contributed by atoms with E-state index in [1.54, 1.807) is 41.3 Å². The van der Waals surface area contributed by atoms with Gasteiger partial charge in [0.2, 0.25) is 0 Å². The number of hydrogen-bond acceptors (Lipinski definition) is 4. The number of aliphatic hydroxyl groups is 1. The standard InChI is InChI=1S/C20H17Cl2N3O3/c21-13-7-6-11(10-14(13)22)19-16-17(12-4-1-2-5-15(12)27)23-24-18(16)20(28)25(19)8-3-9-26/h1-2,4-7,10,19,26-27H,3,8-9H2,(H,23,24). The molecule has 28 heavy (non-hydrogen) atoms. The number of nitrogens with zero attached hydrogens (tertiary/aromatic N) is 2. The number of aromatic amines is 1. The molecule has 1 aliphatic heterocycles. The van der Waals surface area contributed by atoms with Crippen molar-refractivity contribution in [2.24, 2.45) is 0 Å². The molecule has 0 saturated heterocycles. The number of rotatable bonds is 5. The molecule has 6 nitrogen and oxygen atoms in total. The summed E-state index contributed by atoms with van der Waals surface area (Å²) in [5, 5.41) is 27.5. The molecule has 0 fully saturated rings. The SMILES string of the molecule is O=C1c2[nH]nc(-c3ccccc3O)c2C(c2ccc(Cl)c(Cl)c2)N1CCCO. The Bertz CT molecular complexity index is 1050. The average Bonchev–Trinajstić information content (AvgIpc) is 3.22. The summed E-state index contributed by atoms with van der Waals surface area (Å²) >= 11 is 12.3. The number of aromatic nitrogens is 2. The number of fused-ring (bicyclic) bond motifs is 1. The van der Waals surface area contributed by atoms with Crippen molar-refractivity contribution in [3.05, 3.63) is 69.3 Å². The van der Waals surface area contributed by atoms with Crippen molar-refractivity contribution in [3.8, 4) is 17.0 Å². The highest BCUT2D eigenvalue weighted by Gasteiger charge is 2.42. The number of phenols is 1. The van der Waals surface area contributed by atoms with Gasteiger partial charge >= 0.3 is 0 Å². The van der Waals surface area contributed by atoms with E-state index < -0.39 is 6.04 Å². The molecule has 1 aromatic heterocycles. The summed E-state index contributed by atoms with van der Waals surface area (Å²) in [6.07, 6.45) is 0.438. The Morgan fingerprint density at radius 3 is 2.64 bits per heavy atom. The van der Waals surface area contributed by atoms with Crippen molar-refractivity contribution >= 4 is 29.1 Å². The topological polar surface area (TPSA) is 89.5 Å². The van der Waals surface area contributed by atoms with Crippen LogP contribution >= 0.6 is 23.2 Å². The second-order valence-corrected chi connectivity index (χ2v) is 7.34. The van der Waals surface area contributed by atoms with E-state index in [2.05, 4.69) is 10.2 Å². The van der Waals surface area contributed by atoms with E-state index in [4.69, 9.17) is 23.2 Å². The van der Waals surface area contributed by atoms with Crippen molar-refractivity contribution in [3.63, 3.8) is 0 Å². The molecule has 1 amide bonds. The van der Waals surface area contributed by atoms with E-state index in [-0.39, 0.29) is 18.3 Å². The maximum Gasteiger partial charge on any atom is 0.273 e. The van der Waals surface area contributed by atoms with Gasteiger partial charge in [-0.3, -0.25) is 9.89 Å². The van der Waals surface area contributed by atoms with Crippen LogP contribution in [0.1, 0.15) is 34.1 Å². The summed E-state index contributed by atoms with van der Waals surface area (Å²) in [6, 6.07) is 11.6. The molecule has 2 aromatic carbocycles. The van der Waals surface area contributed by atoms with Crippen LogP contribution in [0.3, 0.4) is 0 Å². The molecule has 2 heterocycles. The van der Waals surface area contributed by atoms with E-state index in [1.165, 1.54) is 0 Å². The van der Waals surface area contributed by atoms with Crippen LogP contribution in [0.25, 0.3) is 11.3 Å². The first kappa shape index (κ1) is 18.8. The van der Waals surface area contributed by atoms with Crippen LogP contribution < -0.4 is 0 Å². The van der Waals surface area contributed by atoms with Crippen LogP contribution in [0.15, 0.2) is 42.5 Å². The summed E-state index contributed by atoms with van der Waals surface area (Å²) in [6.45, 7) is 0.333. The van der Waals surface area contributed by atoms with Crippen molar-refractivity contribution in [1.29, 1.82) is 0 Å². The zero-order valence-electron chi connectivity index (χ0n) is 14.7. The fraction of sp³-hybridized carbons (Fsp3) is 0.200. The number of aromatic hydroxyl groups is 1. The lowest BCUT2D eigenvalue weighted by molar-refractivity contribution is 0.0732. The molecular formula is C20H17Cl2N3O3. The molecule has 3 N–H and O–H groups in total. The highest BCUT2D eigenvalue weighted by molar-refractivity contribution is 6.42. The molecule has 8 heteroatoms. The first-order chi connectivity index (χ1) is 13.5. The second-order valence-electron chi connectivity index (χ2n) is 6.53. The lowest BCUT2D eigenvalue weighted by Gasteiger charge is -2.26. The average molecular weight is 418 g/mol. The van der Waals surface area contributed by atoms with Gasteiger partial charge in [-0.15, -0.1) is 0 Å². The van der Waals surface area contributed by atoms with Gasteiger partial charge < -0.3 is 15.1 Å². The molecule has 1 aliphatic rings. The third-order valence-electron chi connectivity index (χ3n) is 4.84. The summed E-state index contributed by atoms with van der Waals surface area (Å²) in [5.74, 6) is -0.139. The molecule has 3 aromatic rings. The maximum absolute atomic E-state index is 13.0. The molecule has 1 unspecified atom stereocenters. The third kappa shape index (κ3) is 3.03. The third-order valence-corrected chi connectivity index (χ3v) is 5.58. The first-order valence-corrected chi connectivity index (χ1v) is 9.52. The van der Waals surface area contributed by atoms with Crippen LogP contribution in [-0.4, -0.2) is 44.4 Å². The molecule has 0 aliphatic carbocycles. The van der Waals surface area contributed by atoms with Crippen LogP contribution in [0.5, 0.6) is 5.75 Å². The van der Waals surface area contributed by atoms with Gasteiger partial charge in [-0.2, -0.15) is 5.10 Å². The minimum Gasteiger partial charge on any atom is -0.507 e. The molecular weight excluding hydrogens is 401 g/mol. The predicted molar refractivity (Wildman–Crippen MR) is 107 cm³/mol. The quantitative estimate of drug-likeness (QED) is 0.584. The van der Waals surface area contributed by atoms with Crippen molar-refractivity contribution in [2.45, 2.75) is 12.5 Å². The minimum absolute atomic E-state index is 0.0314. The monoisotopic (exact) mass is 417 g/mol. The summed E-state index contributed by atoms with van der Waals surface area (Å²) in [5.41, 5.74) is 2.85. The van der Waals surface area contributed by atoms with Gasteiger partial charge in [0.05, 0.1) is 16.1 Å². The highest BCUT2D eigenvalue weighted by atomic mass is 35.5. The number of phenolic OH excluding ortho intramolecular Hbond substituents is 1. The number of carbonyl (C=O) groups is 1. The Morgan fingerprint density at radius 2 is 1.93 bits per heavy atom. The van der Waals surface area contributed by atoms with Gasteiger partial charge in [-0.1, -0.05) is 41.4 Å². The Labute approximate surface area is 171 Å². The van der Waals surface area contributed by atoms with Crippen molar-refractivity contribution in [2.75, 3.05) is 13.2 Å². The lowest BCUT2D eigenvalue weighted by Crippen LogP contribution is -2.31. The van der Waals surface area contributed by atoms with Crippen molar-refractivity contribution < 1.29 is 15.0 Å². The fourth-order valence-electron chi connectivity index (χ4n) is 3.58. The molecule has 0 spiro atoms. The largest absolute Gasteiger partial charge is 0.507 e. The Hall–Kier alpha value is -2.54. The van der Waals surface area contributed by atoms with E-state index >= 15 is 0 Å². The molecule has 4 rings (SSSR count). The maximum atomic E-state index is 13.0. The normalized spacial score (nSPS) is 15.9. The first-order valence-electron chi connectivity index (χ1n) is 8.76. The molecule has 0 saturated carbocycles. The molecule has 0 radical (unpaired) electrons. The zero-order valence-corrected chi connectivity index (χ0v) is 16.2. The summed E-state index contributed by atoms with van der Waals surface area (Å²) in [7, 11) is 0. The van der Waals surface area contributed by atoms with Crippen LogP contribution in [0, 0.1) is 0 Å². The van der Waals surface area contributed by atoms with E-state index in [0.717, 1.165) is 5.56 Å². The Balaban J connectivity index is 1.90. The summed E-state index contributed by atoms with van der Waals surface area (Å²) < 4.78 is 0. The number of aliphatic hydroxyl groups excluding tert-OH is 1. The van der Waals surface area contributed by atoms with E-state index in [9.17, 15) is 15.0 Å². The predicted octanol–water partition coefficient (Wildman–Crippen LogP) is 4.02. The van der Waals surface area contributed by atoms with Crippen molar-refractivity contribution in [1.82, 2.24) is 15.1 Å². The zero-order chi connectivity index (χ0) is 19.8. The number of H-pyrrole nitrogens is 1. The smallest absolute Gasteiger partial charge is 0.273 e. The number of benzene rings is 2. The van der Waals surface area contributed by atoms with E-state index in [0.29, 0.717) is 45.5 Å². The number of para-hydroxylation sites is 1. The Kier molecular flexibility index (Phi) is 5.02. The van der Waals surface area contributed by atoms with Gasteiger partial charge in [0, 0.05) is 24.3 Å². The number of halogens is 2. The van der Waals surface area contributed by atoms with Crippen LogP contribution in [0.2, 0.25) is 10.0 Å². The number of amides is 1. The lowest BCUT2D eigenvalue weighted by atomic mass is 9.95.